The van der Waals surface area contributed by atoms with Crippen molar-refractivity contribution in [2.45, 2.75) is 30.1 Å². The maximum Gasteiger partial charge on any atom is 0.191 e. The van der Waals surface area contributed by atoms with Crippen molar-refractivity contribution < 1.29 is 9.84 Å². The number of aliphatic hydroxyl groups is 1. The molecule has 1 aliphatic carbocycles. The number of rotatable bonds is 8. The lowest BCUT2D eigenvalue weighted by Gasteiger charge is -2.13. The van der Waals surface area contributed by atoms with Crippen LogP contribution < -0.4 is 4.74 Å². The van der Waals surface area contributed by atoms with Gasteiger partial charge in [0.1, 0.15) is 12.4 Å². The van der Waals surface area contributed by atoms with Crippen molar-refractivity contribution in [3.05, 3.63) is 60.8 Å². The van der Waals surface area contributed by atoms with Gasteiger partial charge in [0.15, 0.2) is 11.0 Å². The molecule has 1 unspecified atom stereocenters. The van der Waals surface area contributed by atoms with Gasteiger partial charge in [-0.2, -0.15) is 0 Å². The molecular weight excluding hydrogens is 384 g/mol. The molecule has 0 saturated heterocycles. The second kappa shape index (κ2) is 7.93. The number of thioether (sulfide) groups is 1. The maximum absolute atomic E-state index is 10.3. The van der Waals surface area contributed by atoms with Crippen LogP contribution in [0.2, 0.25) is 0 Å². The van der Waals surface area contributed by atoms with Gasteiger partial charge in [0.05, 0.1) is 6.10 Å². The molecule has 5 rings (SSSR count). The summed E-state index contributed by atoms with van der Waals surface area (Å²) < 4.78 is 7.88. The van der Waals surface area contributed by atoms with Crippen molar-refractivity contribution in [3.8, 4) is 17.1 Å². The average Bonchev–Trinajstić information content (AvgIpc) is 3.37. The van der Waals surface area contributed by atoms with Gasteiger partial charge < -0.3 is 14.8 Å². The van der Waals surface area contributed by atoms with Crippen LogP contribution in [0.3, 0.4) is 0 Å². The number of benzene rings is 2. The Labute approximate surface area is 172 Å². The van der Waals surface area contributed by atoms with E-state index in [1.807, 2.05) is 48.7 Å². The molecule has 4 aromatic rings. The van der Waals surface area contributed by atoms with Crippen molar-refractivity contribution in [1.82, 2.24) is 19.7 Å². The number of para-hydroxylation sites is 2. The second-order valence-corrected chi connectivity index (χ2v) is 8.23. The van der Waals surface area contributed by atoms with Crippen molar-refractivity contribution in [1.29, 1.82) is 0 Å². The summed E-state index contributed by atoms with van der Waals surface area (Å²) in [6.45, 7) is 0.254. The third-order valence-corrected chi connectivity index (χ3v) is 6.09. The quantitative estimate of drug-likeness (QED) is 0.427. The number of ether oxygens (including phenoxy) is 1. The first-order valence-corrected chi connectivity index (χ1v) is 10.8. The zero-order chi connectivity index (χ0) is 19.6. The van der Waals surface area contributed by atoms with Crippen molar-refractivity contribution >= 4 is 22.7 Å². The molecule has 2 aromatic heterocycles. The fraction of sp³-hybridized carbons (Fsp3) is 0.273. The van der Waals surface area contributed by atoms with Crippen LogP contribution in [0.25, 0.3) is 22.3 Å². The molecule has 1 fully saturated rings. The van der Waals surface area contributed by atoms with E-state index in [1.165, 1.54) is 11.8 Å². The lowest BCUT2D eigenvalue weighted by Crippen LogP contribution is -2.20. The summed E-state index contributed by atoms with van der Waals surface area (Å²) in [4.78, 5) is 3.32. The van der Waals surface area contributed by atoms with Gasteiger partial charge in [0.2, 0.25) is 0 Å². The molecule has 0 spiro atoms. The van der Waals surface area contributed by atoms with Gasteiger partial charge in [-0.25, -0.2) is 0 Å². The molecule has 0 radical (unpaired) electrons. The van der Waals surface area contributed by atoms with E-state index in [0.717, 1.165) is 46.0 Å². The predicted octanol–water partition coefficient (Wildman–Crippen LogP) is 4.29. The van der Waals surface area contributed by atoms with E-state index >= 15 is 0 Å². The third kappa shape index (κ3) is 3.88. The lowest BCUT2D eigenvalue weighted by molar-refractivity contribution is 0.126. The Balaban J connectivity index is 1.31. The summed E-state index contributed by atoms with van der Waals surface area (Å²) in [5.74, 6) is 2.16. The monoisotopic (exact) mass is 406 g/mol. The molecule has 1 saturated carbocycles. The fourth-order valence-electron chi connectivity index (χ4n) is 3.41. The second-order valence-electron chi connectivity index (χ2n) is 7.24. The summed E-state index contributed by atoms with van der Waals surface area (Å²) in [7, 11) is 0. The highest BCUT2D eigenvalue weighted by Gasteiger charge is 2.31. The van der Waals surface area contributed by atoms with Crippen molar-refractivity contribution in [3.63, 3.8) is 0 Å². The molecule has 29 heavy (non-hydrogen) atoms. The molecule has 1 aliphatic rings. The number of hydrogen-bond donors (Lipinski definition) is 2. The SMILES string of the molecule is OC(COc1ccccc1)CSc1nnc(-c2c[nH]c3ccccc23)n1C1CC1. The molecule has 2 heterocycles. The summed E-state index contributed by atoms with van der Waals surface area (Å²) in [6, 6.07) is 18.2. The Kier molecular flexibility index (Phi) is 4.99. The Morgan fingerprint density at radius 3 is 2.72 bits per heavy atom. The minimum atomic E-state index is -0.582. The number of aliphatic hydroxyl groups excluding tert-OH is 1. The van der Waals surface area contributed by atoms with E-state index in [0.29, 0.717) is 11.8 Å². The zero-order valence-corrected chi connectivity index (χ0v) is 16.7. The van der Waals surface area contributed by atoms with Gasteiger partial charge in [-0.15, -0.1) is 10.2 Å². The molecule has 2 N–H and O–H groups in total. The van der Waals surface area contributed by atoms with E-state index in [9.17, 15) is 5.11 Å². The van der Waals surface area contributed by atoms with Gasteiger partial charge in [-0.3, -0.25) is 4.57 Å². The van der Waals surface area contributed by atoms with Gasteiger partial charge in [-0.05, 0) is 31.0 Å². The highest BCUT2D eigenvalue weighted by atomic mass is 32.2. The summed E-state index contributed by atoms with van der Waals surface area (Å²) in [5.41, 5.74) is 2.16. The number of nitrogens with zero attached hydrogens (tertiary/aromatic N) is 3. The van der Waals surface area contributed by atoms with Crippen LogP contribution in [0.15, 0.2) is 66.0 Å². The van der Waals surface area contributed by atoms with Crippen LogP contribution in [0.4, 0.5) is 0 Å². The Bertz CT molecular complexity index is 1100. The number of aromatic amines is 1. The van der Waals surface area contributed by atoms with Crippen molar-refractivity contribution in [2.24, 2.45) is 0 Å². The predicted molar refractivity (Wildman–Crippen MR) is 114 cm³/mol. The molecule has 7 heteroatoms. The molecule has 0 bridgehead atoms. The average molecular weight is 407 g/mol. The normalized spacial score (nSPS) is 14.9. The molecular formula is C22H22N4O2S. The third-order valence-electron chi connectivity index (χ3n) is 5.00. The van der Waals surface area contributed by atoms with Crippen LogP contribution >= 0.6 is 11.8 Å². The molecule has 1 atom stereocenters. The van der Waals surface area contributed by atoms with Crippen LogP contribution in [0, 0.1) is 0 Å². The number of hydrogen-bond acceptors (Lipinski definition) is 5. The van der Waals surface area contributed by atoms with Crippen LogP contribution in [0.1, 0.15) is 18.9 Å². The largest absolute Gasteiger partial charge is 0.491 e. The van der Waals surface area contributed by atoms with Crippen LogP contribution in [-0.2, 0) is 0 Å². The van der Waals surface area contributed by atoms with E-state index < -0.39 is 6.10 Å². The van der Waals surface area contributed by atoms with Crippen molar-refractivity contribution in [2.75, 3.05) is 12.4 Å². The molecule has 0 amide bonds. The minimum Gasteiger partial charge on any atom is -0.491 e. The first-order chi connectivity index (χ1) is 14.3. The summed E-state index contributed by atoms with van der Waals surface area (Å²) in [6.07, 6.45) is 3.70. The minimum absolute atomic E-state index is 0.254. The molecule has 6 nitrogen and oxygen atoms in total. The number of fused-ring (bicyclic) bond motifs is 1. The standard InChI is InChI=1S/C22H22N4O2S/c27-16(13-28-17-6-2-1-3-7-17)14-29-22-25-24-21(26(22)15-10-11-15)19-12-23-20-9-5-4-8-18(19)20/h1-9,12,15-16,23,27H,10-11,13-14H2. The Morgan fingerprint density at radius 1 is 1.10 bits per heavy atom. The molecule has 2 aromatic carbocycles. The van der Waals surface area contributed by atoms with Crippen LogP contribution in [0.5, 0.6) is 5.75 Å². The van der Waals surface area contributed by atoms with Gasteiger partial charge in [0.25, 0.3) is 0 Å². The van der Waals surface area contributed by atoms with Gasteiger partial charge in [0, 0.05) is 34.5 Å². The van der Waals surface area contributed by atoms with Crippen LogP contribution in [-0.4, -0.2) is 43.3 Å². The highest BCUT2D eigenvalue weighted by Crippen LogP contribution is 2.42. The van der Waals surface area contributed by atoms with E-state index in [4.69, 9.17) is 4.74 Å². The summed E-state index contributed by atoms with van der Waals surface area (Å²) in [5, 5.41) is 21.3. The fourth-order valence-corrected chi connectivity index (χ4v) is 4.32. The lowest BCUT2D eigenvalue weighted by atomic mass is 10.1. The smallest absolute Gasteiger partial charge is 0.191 e. The summed E-state index contributed by atoms with van der Waals surface area (Å²) >= 11 is 1.53. The first kappa shape index (κ1) is 18.3. The topological polar surface area (TPSA) is 76.0 Å². The molecule has 0 aliphatic heterocycles. The highest BCUT2D eigenvalue weighted by molar-refractivity contribution is 7.99. The number of aromatic nitrogens is 4. The Morgan fingerprint density at radius 2 is 1.90 bits per heavy atom. The Hall–Kier alpha value is -2.77. The van der Waals surface area contributed by atoms with Gasteiger partial charge >= 0.3 is 0 Å². The zero-order valence-electron chi connectivity index (χ0n) is 15.9. The van der Waals surface area contributed by atoms with E-state index in [2.05, 4.69) is 31.9 Å². The maximum atomic E-state index is 10.3. The van der Waals surface area contributed by atoms with E-state index in [1.54, 1.807) is 0 Å². The van der Waals surface area contributed by atoms with E-state index in [-0.39, 0.29) is 6.61 Å². The number of H-pyrrole nitrogens is 1. The van der Waals surface area contributed by atoms with Gasteiger partial charge in [-0.1, -0.05) is 48.2 Å². The molecule has 148 valence electrons. The first-order valence-electron chi connectivity index (χ1n) is 9.79. The number of nitrogens with one attached hydrogen (secondary N) is 1.